The van der Waals surface area contributed by atoms with Gasteiger partial charge >= 0.3 is 0 Å². The minimum atomic E-state index is -1.40. The third kappa shape index (κ3) is 4.77. The van der Waals surface area contributed by atoms with E-state index in [-0.39, 0.29) is 49.2 Å². The standard InChI is InChI=1S/C30H34O10/c1-36-24-8-16(4-6-22(24)33)12-30(35)15-39-28(21(30)14-32)18-9-19-20(13-31)27(40-29(19)26(11-18)38-3)17-5-7-23(34)25(10-17)37-2/h4-11,20-21,27-28,31-35H,12-15H2,1-3H3. The smallest absolute Gasteiger partial charge is 0.165 e. The number of methoxy groups -OCH3 is 3. The van der Waals surface area contributed by atoms with Crippen molar-refractivity contribution in [3.05, 3.63) is 70.8 Å². The average Bonchev–Trinajstić information content (AvgIpc) is 3.50. The average molecular weight is 555 g/mol. The van der Waals surface area contributed by atoms with Gasteiger partial charge in [-0.25, -0.2) is 0 Å². The summed E-state index contributed by atoms with van der Waals surface area (Å²) in [5.41, 5.74) is 1.39. The monoisotopic (exact) mass is 554 g/mol. The van der Waals surface area contributed by atoms with E-state index < -0.39 is 29.6 Å². The molecule has 5 rings (SSSR count). The van der Waals surface area contributed by atoms with Crippen LogP contribution in [0.1, 0.15) is 40.4 Å². The number of aliphatic hydroxyl groups is 3. The second-order valence-corrected chi connectivity index (χ2v) is 10.2. The zero-order chi connectivity index (χ0) is 28.6. The Bertz CT molecular complexity index is 1370. The van der Waals surface area contributed by atoms with Gasteiger partial charge in [-0.05, 0) is 53.1 Å². The molecular formula is C30H34O10. The predicted octanol–water partition coefficient (Wildman–Crippen LogP) is 2.99. The van der Waals surface area contributed by atoms with E-state index in [2.05, 4.69) is 0 Å². The van der Waals surface area contributed by atoms with Crippen molar-refractivity contribution in [3.8, 4) is 34.5 Å². The lowest BCUT2D eigenvalue weighted by Crippen LogP contribution is -2.41. The highest BCUT2D eigenvalue weighted by Gasteiger charge is 2.50. The van der Waals surface area contributed by atoms with Crippen LogP contribution in [0.4, 0.5) is 0 Å². The number of ether oxygens (including phenoxy) is 5. The second-order valence-electron chi connectivity index (χ2n) is 10.2. The first-order chi connectivity index (χ1) is 19.3. The SMILES string of the molecule is COc1cc(CC2(O)COC(c3cc(OC)c4c(c3)C(CO)C(c3ccc(O)c(OC)c3)O4)C2CO)ccc1O. The molecule has 0 amide bonds. The first-order valence-corrected chi connectivity index (χ1v) is 12.9. The highest BCUT2D eigenvalue weighted by atomic mass is 16.5. The fourth-order valence-electron chi connectivity index (χ4n) is 5.80. The number of phenolic OH excluding ortho intramolecular Hbond substituents is 2. The number of hydrogen-bond acceptors (Lipinski definition) is 10. The normalized spacial score (nSPS) is 25.4. The molecular weight excluding hydrogens is 520 g/mol. The van der Waals surface area contributed by atoms with Crippen molar-refractivity contribution in [1.29, 1.82) is 0 Å². The van der Waals surface area contributed by atoms with E-state index >= 15 is 0 Å². The summed E-state index contributed by atoms with van der Waals surface area (Å²) in [6.07, 6.45) is -1.07. The molecule has 1 saturated heterocycles. The van der Waals surface area contributed by atoms with Gasteiger partial charge in [0.05, 0.1) is 58.8 Å². The summed E-state index contributed by atoms with van der Waals surface area (Å²) in [6, 6.07) is 13.4. The molecule has 0 saturated carbocycles. The number of fused-ring (bicyclic) bond motifs is 1. The molecule has 3 aromatic carbocycles. The highest BCUT2D eigenvalue weighted by Crippen LogP contribution is 2.53. The molecule has 10 heteroatoms. The Kier molecular flexibility index (Phi) is 7.70. The zero-order valence-electron chi connectivity index (χ0n) is 22.5. The summed E-state index contributed by atoms with van der Waals surface area (Å²) in [5.74, 6) is 0.331. The summed E-state index contributed by atoms with van der Waals surface area (Å²) < 4.78 is 28.5. The van der Waals surface area contributed by atoms with Crippen LogP contribution in [0, 0.1) is 5.92 Å². The van der Waals surface area contributed by atoms with Gasteiger partial charge in [-0.3, -0.25) is 0 Å². The lowest BCUT2D eigenvalue weighted by Gasteiger charge is -2.30. The summed E-state index contributed by atoms with van der Waals surface area (Å²) in [6.45, 7) is -0.595. The molecule has 2 aliphatic heterocycles. The third-order valence-electron chi connectivity index (χ3n) is 7.91. The van der Waals surface area contributed by atoms with Crippen LogP contribution in [0.5, 0.6) is 34.5 Å². The van der Waals surface area contributed by atoms with Crippen molar-refractivity contribution in [1.82, 2.24) is 0 Å². The summed E-state index contributed by atoms with van der Waals surface area (Å²) in [7, 11) is 4.42. The van der Waals surface area contributed by atoms with Crippen LogP contribution >= 0.6 is 0 Å². The Hall–Kier alpha value is -3.70. The number of hydrogen-bond donors (Lipinski definition) is 5. The molecule has 2 aliphatic rings. The van der Waals surface area contributed by atoms with Gasteiger partial charge in [0, 0.05) is 17.9 Å². The van der Waals surface area contributed by atoms with Gasteiger partial charge < -0.3 is 49.2 Å². The highest BCUT2D eigenvalue weighted by molar-refractivity contribution is 5.56. The Balaban J connectivity index is 1.47. The molecule has 5 atom stereocenters. The van der Waals surface area contributed by atoms with Gasteiger partial charge in [0.25, 0.3) is 0 Å². The van der Waals surface area contributed by atoms with Crippen molar-refractivity contribution < 1.29 is 49.2 Å². The third-order valence-corrected chi connectivity index (χ3v) is 7.91. The van der Waals surface area contributed by atoms with E-state index in [1.165, 1.54) is 33.5 Å². The second kappa shape index (κ2) is 11.1. The predicted molar refractivity (Wildman–Crippen MR) is 143 cm³/mol. The maximum Gasteiger partial charge on any atom is 0.165 e. The minimum Gasteiger partial charge on any atom is -0.504 e. The van der Waals surface area contributed by atoms with E-state index in [1.54, 1.807) is 30.3 Å². The minimum absolute atomic E-state index is 0.00570. The molecule has 3 aromatic rings. The molecule has 1 fully saturated rings. The van der Waals surface area contributed by atoms with E-state index in [1.807, 2.05) is 6.07 Å². The maximum absolute atomic E-state index is 11.6. The molecule has 40 heavy (non-hydrogen) atoms. The summed E-state index contributed by atoms with van der Waals surface area (Å²) in [5, 5.41) is 52.4. The van der Waals surface area contributed by atoms with Gasteiger partial charge in [-0.15, -0.1) is 0 Å². The quantitative estimate of drug-likeness (QED) is 0.267. The number of aromatic hydroxyl groups is 2. The first-order valence-electron chi connectivity index (χ1n) is 12.9. The van der Waals surface area contributed by atoms with E-state index in [0.717, 1.165) is 0 Å². The van der Waals surface area contributed by atoms with Crippen LogP contribution < -0.4 is 18.9 Å². The van der Waals surface area contributed by atoms with Gasteiger partial charge in [0.15, 0.2) is 34.5 Å². The zero-order valence-corrected chi connectivity index (χ0v) is 22.5. The number of aliphatic hydroxyl groups excluding tert-OH is 2. The number of rotatable bonds is 9. The Labute approximate surface area is 231 Å². The molecule has 2 heterocycles. The number of benzene rings is 3. The molecule has 214 valence electrons. The fourth-order valence-corrected chi connectivity index (χ4v) is 5.80. The molecule has 0 bridgehead atoms. The molecule has 5 N–H and O–H groups in total. The Morgan fingerprint density at radius 2 is 1.45 bits per heavy atom. The Morgan fingerprint density at radius 1 is 0.800 bits per heavy atom. The van der Waals surface area contributed by atoms with Crippen LogP contribution in [-0.4, -0.2) is 72.3 Å². The van der Waals surface area contributed by atoms with Crippen LogP contribution in [-0.2, 0) is 11.2 Å². The lowest BCUT2D eigenvalue weighted by molar-refractivity contribution is -0.0150. The van der Waals surface area contributed by atoms with Crippen LogP contribution in [0.3, 0.4) is 0 Å². The number of phenols is 2. The fraction of sp³-hybridized carbons (Fsp3) is 0.400. The molecule has 0 spiro atoms. The molecule has 0 aliphatic carbocycles. The first kappa shape index (κ1) is 27.9. The molecule has 10 nitrogen and oxygen atoms in total. The largest absolute Gasteiger partial charge is 0.504 e. The topological polar surface area (TPSA) is 147 Å². The molecule has 0 radical (unpaired) electrons. The van der Waals surface area contributed by atoms with Crippen LogP contribution in [0.15, 0.2) is 48.5 Å². The van der Waals surface area contributed by atoms with E-state index in [0.29, 0.717) is 33.8 Å². The summed E-state index contributed by atoms with van der Waals surface area (Å²) in [4.78, 5) is 0. The maximum atomic E-state index is 11.6. The Morgan fingerprint density at radius 3 is 2.10 bits per heavy atom. The molecule has 5 unspecified atom stereocenters. The van der Waals surface area contributed by atoms with E-state index in [4.69, 9.17) is 23.7 Å². The van der Waals surface area contributed by atoms with Gasteiger partial charge in [0.2, 0.25) is 0 Å². The van der Waals surface area contributed by atoms with Crippen molar-refractivity contribution in [2.45, 2.75) is 30.1 Å². The van der Waals surface area contributed by atoms with Gasteiger partial charge in [0.1, 0.15) is 6.10 Å². The van der Waals surface area contributed by atoms with Crippen molar-refractivity contribution in [2.75, 3.05) is 41.2 Å². The summed E-state index contributed by atoms with van der Waals surface area (Å²) >= 11 is 0. The van der Waals surface area contributed by atoms with Crippen LogP contribution in [0.25, 0.3) is 0 Å². The van der Waals surface area contributed by atoms with Crippen molar-refractivity contribution in [2.24, 2.45) is 5.92 Å². The van der Waals surface area contributed by atoms with E-state index in [9.17, 15) is 25.5 Å². The van der Waals surface area contributed by atoms with Crippen molar-refractivity contribution >= 4 is 0 Å². The van der Waals surface area contributed by atoms with Gasteiger partial charge in [-0.1, -0.05) is 12.1 Å². The molecule has 0 aromatic heterocycles. The van der Waals surface area contributed by atoms with Crippen LogP contribution in [0.2, 0.25) is 0 Å². The van der Waals surface area contributed by atoms with Gasteiger partial charge in [-0.2, -0.15) is 0 Å². The lowest BCUT2D eigenvalue weighted by atomic mass is 9.79. The van der Waals surface area contributed by atoms with Crippen molar-refractivity contribution in [3.63, 3.8) is 0 Å².